The minimum Gasteiger partial charge on any atom is -0.381 e. The van der Waals surface area contributed by atoms with Gasteiger partial charge < -0.3 is 15.4 Å². The van der Waals surface area contributed by atoms with Crippen LogP contribution in [-0.2, 0) is 14.9 Å². The van der Waals surface area contributed by atoms with Crippen molar-refractivity contribution in [3.63, 3.8) is 0 Å². The van der Waals surface area contributed by atoms with Crippen LogP contribution in [-0.4, -0.2) is 43.2 Å². The van der Waals surface area contributed by atoms with Crippen LogP contribution in [0.1, 0.15) is 38.7 Å². The molecule has 0 radical (unpaired) electrons. The van der Waals surface area contributed by atoms with Crippen LogP contribution in [0.3, 0.4) is 0 Å². The molecule has 0 aromatic heterocycles. The van der Waals surface area contributed by atoms with E-state index in [1.807, 2.05) is 23.1 Å². The van der Waals surface area contributed by atoms with Crippen molar-refractivity contribution >= 4 is 18.3 Å². The Balaban J connectivity index is 0.00000208. The number of likely N-dealkylation sites (tertiary alicyclic amines) is 1. The predicted molar refractivity (Wildman–Crippen MR) is 98.4 cm³/mol. The fourth-order valence-electron chi connectivity index (χ4n) is 3.95. The first-order chi connectivity index (χ1) is 11.0. The Kier molecular flexibility index (Phi) is 5.95. The van der Waals surface area contributed by atoms with Gasteiger partial charge in [-0.05, 0) is 30.2 Å². The Morgan fingerprint density at radius 2 is 1.83 bits per heavy atom. The van der Waals surface area contributed by atoms with Gasteiger partial charge in [0.25, 0.3) is 0 Å². The molecular weight excluding hydrogens is 324 g/mol. The van der Waals surface area contributed by atoms with Crippen LogP contribution in [0.25, 0.3) is 0 Å². The van der Waals surface area contributed by atoms with E-state index in [4.69, 9.17) is 10.5 Å². The second-order valence-corrected chi connectivity index (χ2v) is 7.67. The molecule has 2 N–H and O–H groups in total. The smallest absolute Gasteiger partial charge is 0.233 e. The summed E-state index contributed by atoms with van der Waals surface area (Å²) in [4.78, 5) is 15.5. The van der Waals surface area contributed by atoms with Gasteiger partial charge in [-0.2, -0.15) is 0 Å². The van der Waals surface area contributed by atoms with Gasteiger partial charge >= 0.3 is 0 Å². The molecule has 5 heteroatoms. The van der Waals surface area contributed by atoms with E-state index in [-0.39, 0.29) is 29.8 Å². The Bertz CT molecular complexity index is 556. The van der Waals surface area contributed by atoms with Crippen molar-refractivity contribution in [3.05, 3.63) is 35.9 Å². The number of amides is 1. The minimum absolute atomic E-state index is 0. The Morgan fingerprint density at radius 3 is 2.42 bits per heavy atom. The van der Waals surface area contributed by atoms with Crippen molar-refractivity contribution < 1.29 is 9.53 Å². The van der Waals surface area contributed by atoms with Gasteiger partial charge in [-0.1, -0.05) is 44.2 Å². The third kappa shape index (κ3) is 3.46. The maximum atomic E-state index is 13.5. The van der Waals surface area contributed by atoms with Gasteiger partial charge in [0.15, 0.2) is 0 Å². The van der Waals surface area contributed by atoms with E-state index in [9.17, 15) is 4.79 Å². The Morgan fingerprint density at radius 1 is 1.21 bits per heavy atom. The largest absolute Gasteiger partial charge is 0.381 e. The average Bonchev–Trinajstić information content (AvgIpc) is 2.58. The molecule has 1 aromatic rings. The van der Waals surface area contributed by atoms with Crippen LogP contribution < -0.4 is 5.73 Å². The lowest BCUT2D eigenvalue weighted by atomic mass is 9.71. The number of piperidine rings is 1. The van der Waals surface area contributed by atoms with Crippen molar-refractivity contribution in [1.29, 1.82) is 0 Å². The molecule has 2 fully saturated rings. The summed E-state index contributed by atoms with van der Waals surface area (Å²) < 4.78 is 5.55. The van der Waals surface area contributed by atoms with Gasteiger partial charge in [0, 0.05) is 32.3 Å². The lowest BCUT2D eigenvalue weighted by molar-refractivity contribution is -0.144. The molecule has 1 amide bonds. The SMILES string of the molecule is CC1(C)CN(C(=O)C2(c3ccccc3)CCOCC2)CCC1N.Cl. The number of halogens is 1. The second-order valence-electron chi connectivity index (χ2n) is 7.67. The van der Waals surface area contributed by atoms with Crippen molar-refractivity contribution in [2.75, 3.05) is 26.3 Å². The minimum atomic E-state index is -0.434. The molecule has 0 spiro atoms. The average molecular weight is 353 g/mol. The van der Waals surface area contributed by atoms with E-state index in [0.717, 1.165) is 37.9 Å². The predicted octanol–water partition coefficient (Wildman–Crippen LogP) is 2.74. The number of ether oxygens (including phenoxy) is 1. The Labute approximate surface area is 151 Å². The van der Waals surface area contributed by atoms with Gasteiger partial charge in [-0.15, -0.1) is 12.4 Å². The highest BCUT2D eigenvalue weighted by Crippen LogP contribution is 2.39. The van der Waals surface area contributed by atoms with Crippen LogP contribution in [0, 0.1) is 5.41 Å². The molecular formula is C19H29ClN2O2. The summed E-state index contributed by atoms with van der Waals surface area (Å²) in [5.41, 5.74) is 6.90. The molecule has 1 atom stereocenters. The van der Waals surface area contributed by atoms with Crippen molar-refractivity contribution in [2.24, 2.45) is 11.1 Å². The van der Waals surface area contributed by atoms with Crippen LogP contribution in [0.5, 0.6) is 0 Å². The maximum absolute atomic E-state index is 13.5. The van der Waals surface area contributed by atoms with E-state index in [1.165, 1.54) is 0 Å². The molecule has 1 aromatic carbocycles. The zero-order chi connectivity index (χ0) is 16.5. The van der Waals surface area contributed by atoms with Gasteiger partial charge in [-0.3, -0.25) is 4.79 Å². The first kappa shape index (κ1) is 19.2. The number of rotatable bonds is 2. The number of hydrogen-bond acceptors (Lipinski definition) is 3. The lowest BCUT2D eigenvalue weighted by Crippen LogP contribution is -2.58. The number of hydrogen-bond donors (Lipinski definition) is 1. The van der Waals surface area contributed by atoms with E-state index < -0.39 is 5.41 Å². The first-order valence-electron chi connectivity index (χ1n) is 8.64. The van der Waals surface area contributed by atoms with Crippen LogP contribution in [0.2, 0.25) is 0 Å². The molecule has 3 rings (SSSR count). The standard InChI is InChI=1S/C19H28N2O2.ClH/c1-18(2)14-21(11-8-16(18)20)17(22)19(9-12-23-13-10-19)15-6-4-3-5-7-15;/h3-7,16H,8-14,20H2,1-2H3;1H. The molecule has 2 saturated heterocycles. The summed E-state index contributed by atoms with van der Waals surface area (Å²) in [7, 11) is 0. The summed E-state index contributed by atoms with van der Waals surface area (Å²) >= 11 is 0. The topological polar surface area (TPSA) is 55.6 Å². The van der Waals surface area contributed by atoms with E-state index in [1.54, 1.807) is 0 Å². The molecule has 2 aliphatic heterocycles. The van der Waals surface area contributed by atoms with Crippen molar-refractivity contribution in [2.45, 2.75) is 44.6 Å². The lowest BCUT2D eigenvalue weighted by Gasteiger charge is -2.47. The summed E-state index contributed by atoms with van der Waals surface area (Å²) in [5, 5.41) is 0. The quantitative estimate of drug-likeness (QED) is 0.890. The molecule has 24 heavy (non-hydrogen) atoms. The van der Waals surface area contributed by atoms with Crippen molar-refractivity contribution in [3.8, 4) is 0 Å². The van der Waals surface area contributed by atoms with Crippen LogP contribution in [0.15, 0.2) is 30.3 Å². The highest BCUT2D eigenvalue weighted by Gasteiger charge is 2.46. The number of carbonyl (C=O) groups excluding carboxylic acids is 1. The van der Waals surface area contributed by atoms with E-state index in [2.05, 4.69) is 26.0 Å². The zero-order valence-corrected chi connectivity index (χ0v) is 15.5. The maximum Gasteiger partial charge on any atom is 0.233 e. The number of nitrogens with zero attached hydrogens (tertiary/aromatic N) is 1. The third-order valence-corrected chi connectivity index (χ3v) is 5.68. The summed E-state index contributed by atoms with van der Waals surface area (Å²) in [6.45, 7) is 7.13. The Hall–Kier alpha value is -1.10. The van der Waals surface area contributed by atoms with Gasteiger partial charge in [0.05, 0.1) is 5.41 Å². The van der Waals surface area contributed by atoms with Crippen LogP contribution in [0.4, 0.5) is 0 Å². The molecule has 134 valence electrons. The normalized spacial score (nSPS) is 25.6. The molecule has 0 bridgehead atoms. The number of carbonyl (C=O) groups is 1. The first-order valence-corrected chi connectivity index (χ1v) is 8.64. The summed E-state index contributed by atoms with van der Waals surface area (Å²) in [6, 6.07) is 10.4. The number of benzene rings is 1. The fourth-order valence-corrected chi connectivity index (χ4v) is 3.95. The number of nitrogens with two attached hydrogens (primary N) is 1. The molecule has 1 unspecified atom stereocenters. The van der Waals surface area contributed by atoms with Crippen molar-refractivity contribution in [1.82, 2.24) is 4.90 Å². The highest BCUT2D eigenvalue weighted by molar-refractivity contribution is 5.88. The second kappa shape index (κ2) is 7.42. The van der Waals surface area contributed by atoms with E-state index in [0.29, 0.717) is 13.2 Å². The molecule has 0 saturated carbocycles. The van der Waals surface area contributed by atoms with Gasteiger partial charge in [0.2, 0.25) is 5.91 Å². The monoisotopic (exact) mass is 352 g/mol. The van der Waals surface area contributed by atoms with Gasteiger partial charge in [0.1, 0.15) is 0 Å². The van der Waals surface area contributed by atoms with Crippen LogP contribution >= 0.6 is 12.4 Å². The van der Waals surface area contributed by atoms with E-state index >= 15 is 0 Å². The molecule has 0 aliphatic carbocycles. The highest BCUT2D eigenvalue weighted by atomic mass is 35.5. The molecule has 2 aliphatic rings. The fraction of sp³-hybridized carbons (Fsp3) is 0.632. The van der Waals surface area contributed by atoms with Gasteiger partial charge in [-0.25, -0.2) is 0 Å². The summed E-state index contributed by atoms with van der Waals surface area (Å²) in [6.07, 6.45) is 2.40. The third-order valence-electron chi connectivity index (χ3n) is 5.68. The molecule has 2 heterocycles. The zero-order valence-electron chi connectivity index (χ0n) is 14.7. The summed E-state index contributed by atoms with van der Waals surface area (Å²) in [5.74, 6) is 0.256. The molecule has 4 nitrogen and oxygen atoms in total.